The molecule has 0 bridgehead atoms. The quantitative estimate of drug-likeness (QED) is 0.348. The molecule has 32 heavy (non-hydrogen) atoms. The predicted octanol–water partition coefficient (Wildman–Crippen LogP) is 5.01. The maximum Gasteiger partial charge on any atom is 0.226 e. The fourth-order valence-corrected chi connectivity index (χ4v) is 3.83. The molecule has 0 aliphatic heterocycles. The molecular weight excluding hydrogens is 448 g/mol. The molecule has 1 aromatic heterocycles. The summed E-state index contributed by atoms with van der Waals surface area (Å²) in [4.78, 5) is 24.7. The summed E-state index contributed by atoms with van der Waals surface area (Å²) in [5.74, 6) is 0.984. The van der Waals surface area contributed by atoms with Gasteiger partial charge in [0.25, 0.3) is 0 Å². The third-order valence-electron chi connectivity index (χ3n) is 4.73. The van der Waals surface area contributed by atoms with Crippen LogP contribution in [-0.2, 0) is 18.4 Å². The van der Waals surface area contributed by atoms with E-state index in [0.29, 0.717) is 33.0 Å². The first-order valence-corrected chi connectivity index (χ1v) is 11.4. The van der Waals surface area contributed by atoms with Gasteiger partial charge in [-0.15, -0.1) is 10.2 Å². The van der Waals surface area contributed by atoms with Crippen LogP contribution in [0.3, 0.4) is 0 Å². The Kier molecular flexibility index (Phi) is 7.93. The van der Waals surface area contributed by atoms with Crippen molar-refractivity contribution in [3.8, 4) is 5.75 Å². The molecule has 0 radical (unpaired) electrons. The minimum Gasteiger partial charge on any atom is -0.484 e. The van der Waals surface area contributed by atoms with Crippen LogP contribution in [-0.4, -0.2) is 31.7 Å². The van der Waals surface area contributed by atoms with Crippen molar-refractivity contribution >= 4 is 40.7 Å². The molecule has 1 atom stereocenters. The summed E-state index contributed by atoms with van der Waals surface area (Å²) in [5.41, 5.74) is 1.23. The summed E-state index contributed by atoms with van der Waals surface area (Å²) in [6.07, 6.45) is 0. The molecule has 0 aliphatic carbocycles. The summed E-state index contributed by atoms with van der Waals surface area (Å²) < 4.78 is 7.53. The van der Waals surface area contributed by atoms with Crippen molar-refractivity contribution in [3.63, 3.8) is 0 Å². The smallest absolute Gasteiger partial charge is 0.226 e. The number of benzene rings is 2. The number of rotatable bonds is 9. The lowest BCUT2D eigenvalue weighted by Gasteiger charge is -2.12. The third-order valence-corrected chi connectivity index (χ3v) is 6.18. The summed E-state index contributed by atoms with van der Waals surface area (Å²) in [7, 11) is 1.83. The van der Waals surface area contributed by atoms with Gasteiger partial charge in [0.05, 0.1) is 10.3 Å². The first-order valence-electron chi connectivity index (χ1n) is 10.1. The second-order valence-corrected chi connectivity index (χ2v) is 9.24. The molecule has 0 aliphatic rings. The molecular formula is C23H25ClN4O3S. The highest BCUT2D eigenvalue weighted by atomic mass is 35.5. The van der Waals surface area contributed by atoms with Gasteiger partial charge < -0.3 is 14.6 Å². The number of aromatic nitrogens is 3. The molecule has 0 saturated carbocycles. The van der Waals surface area contributed by atoms with Crippen LogP contribution in [0.2, 0.25) is 5.02 Å². The highest BCUT2D eigenvalue weighted by Gasteiger charge is 2.20. The van der Waals surface area contributed by atoms with Crippen molar-refractivity contribution in [1.29, 1.82) is 0 Å². The standard InChI is InChI=1S/C23H25ClN4O3S/c1-14(2)22(30)25-17-11-9-16(10-12-17)21(29)15(3)32-23-27-26-20(28(23)4)13-31-19-8-6-5-7-18(19)24/h5-12,14-15H,13H2,1-4H3,(H,25,30)/t15-/m0/s1. The van der Waals surface area contributed by atoms with E-state index >= 15 is 0 Å². The Morgan fingerprint density at radius 1 is 1.09 bits per heavy atom. The van der Waals surface area contributed by atoms with Crippen LogP contribution >= 0.6 is 23.4 Å². The van der Waals surface area contributed by atoms with E-state index in [-0.39, 0.29) is 29.5 Å². The molecule has 0 fully saturated rings. The van der Waals surface area contributed by atoms with Gasteiger partial charge in [-0.3, -0.25) is 9.59 Å². The Bertz CT molecular complexity index is 1100. The number of nitrogens with one attached hydrogen (secondary N) is 1. The topological polar surface area (TPSA) is 86.1 Å². The third kappa shape index (κ3) is 5.89. The number of carbonyl (C=O) groups is 2. The van der Waals surface area contributed by atoms with E-state index in [0.717, 1.165) is 0 Å². The highest BCUT2D eigenvalue weighted by molar-refractivity contribution is 8.00. The van der Waals surface area contributed by atoms with Crippen molar-refractivity contribution < 1.29 is 14.3 Å². The Morgan fingerprint density at radius 2 is 1.78 bits per heavy atom. The molecule has 1 heterocycles. The number of ether oxygens (including phenoxy) is 1. The monoisotopic (exact) mass is 472 g/mol. The van der Waals surface area contributed by atoms with E-state index in [4.69, 9.17) is 16.3 Å². The lowest BCUT2D eigenvalue weighted by atomic mass is 10.1. The van der Waals surface area contributed by atoms with Crippen LogP contribution in [0, 0.1) is 5.92 Å². The number of nitrogens with zero attached hydrogens (tertiary/aromatic N) is 3. The number of anilines is 1. The number of ketones is 1. The summed E-state index contributed by atoms with van der Waals surface area (Å²) in [5, 5.41) is 12.0. The van der Waals surface area contributed by atoms with Crippen LogP contribution < -0.4 is 10.1 Å². The molecule has 7 nitrogen and oxygen atoms in total. The zero-order valence-corrected chi connectivity index (χ0v) is 19.9. The van der Waals surface area contributed by atoms with Crippen molar-refractivity contribution in [2.75, 3.05) is 5.32 Å². The Balaban J connectivity index is 1.60. The Morgan fingerprint density at radius 3 is 2.44 bits per heavy atom. The van der Waals surface area contributed by atoms with Gasteiger partial charge in [-0.25, -0.2) is 0 Å². The van der Waals surface area contributed by atoms with E-state index in [9.17, 15) is 9.59 Å². The molecule has 0 saturated heterocycles. The summed E-state index contributed by atoms with van der Waals surface area (Å²) in [6, 6.07) is 14.1. The largest absolute Gasteiger partial charge is 0.484 e. The average molecular weight is 473 g/mol. The second-order valence-electron chi connectivity index (χ2n) is 7.52. The van der Waals surface area contributed by atoms with Crippen molar-refractivity contribution in [1.82, 2.24) is 14.8 Å². The Labute approximate surface area is 196 Å². The van der Waals surface area contributed by atoms with Crippen molar-refractivity contribution in [2.24, 2.45) is 13.0 Å². The van der Waals surface area contributed by atoms with Gasteiger partial charge in [0.2, 0.25) is 5.91 Å². The van der Waals surface area contributed by atoms with E-state index in [1.807, 2.05) is 40.0 Å². The summed E-state index contributed by atoms with van der Waals surface area (Å²) in [6.45, 7) is 5.69. The second kappa shape index (κ2) is 10.7. The molecule has 9 heteroatoms. The van der Waals surface area contributed by atoms with E-state index in [2.05, 4.69) is 15.5 Å². The fraction of sp³-hybridized carbons (Fsp3) is 0.304. The number of halogens is 1. The first-order chi connectivity index (χ1) is 15.3. The number of hydrogen-bond donors (Lipinski definition) is 1. The minimum atomic E-state index is -0.369. The van der Waals surface area contributed by atoms with Crippen molar-refractivity contribution in [2.45, 2.75) is 37.8 Å². The molecule has 1 N–H and O–H groups in total. The molecule has 0 unspecified atom stereocenters. The maximum atomic E-state index is 12.9. The van der Waals surface area contributed by atoms with E-state index < -0.39 is 0 Å². The van der Waals surface area contributed by atoms with Crippen LogP contribution in [0.1, 0.15) is 37.0 Å². The van der Waals surface area contributed by atoms with Crippen LogP contribution in [0.5, 0.6) is 5.75 Å². The molecule has 168 valence electrons. The zero-order valence-electron chi connectivity index (χ0n) is 18.3. The Hall–Kier alpha value is -2.84. The van der Waals surface area contributed by atoms with Gasteiger partial charge in [-0.1, -0.05) is 49.3 Å². The molecule has 0 spiro atoms. The summed E-state index contributed by atoms with van der Waals surface area (Å²) >= 11 is 7.44. The molecule has 3 rings (SSSR count). The van der Waals surface area contributed by atoms with Gasteiger partial charge in [0.15, 0.2) is 16.8 Å². The minimum absolute atomic E-state index is 0.0337. The maximum absolute atomic E-state index is 12.9. The predicted molar refractivity (Wildman–Crippen MR) is 126 cm³/mol. The number of amides is 1. The number of thioether (sulfide) groups is 1. The molecule has 2 aromatic carbocycles. The SMILES string of the molecule is CC(C)C(=O)Nc1ccc(C(=O)[C@H](C)Sc2nnc(COc3ccccc3Cl)n2C)cc1. The lowest BCUT2D eigenvalue weighted by Crippen LogP contribution is -2.18. The molecule has 3 aromatic rings. The van der Waals surface area contributed by atoms with E-state index in [1.165, 1.54) is 11.8 Å². The lowest BCUT2D eigenvalue weighted by molar-refractivity contribution is -0.118. The first kappa shape index (κ1) is 23.8. The van der Waals surface area contributed by atoms with Gasteiger partial charge in [-0.05, 0) is 43.3 Å². The van der Waals surface area contributed by atoms with Gasteiger partial charge >= 0.3 is 0 Å². The van der Waals surface area contributed by atoms with Crippen LogP contribution in [0.15, 0.2) is 53.7 Å². The van der Waals surface area contributed by atoms with Crippen molar-refractivity contribution in [3.05, 3.63) is 64.9 Å². The molecule has 1 amide bonds. The van der Waals surface area contributed by atoms with Crippen LogP contribution in [0.4, 0.5) is 5.69 Å². The van der Waals surface area contributed by atoms with E-state index in [1.54, 1.807) is 41.0 Å². The highest BCUT2D eigenvalue weighted by Crippen LogP contribution is 2.27. The average Bonchev–Trinajstić information content (AvgIpc) is 3.12. The number of Topliss-reactive ketones (excluding diaryl/α,β-unsaturated/α-hetero) is 1. The van der Waals surface area contributed by atoms with Gasteiger partial charge in [-0.2, -0.15) is 0 Å². The number of para-hydroxylation sites is 1. The van der Waals surface area contributed by atoms with Gasteiger partial charge in [0, 0.05) is 24.2 Å². The number of carbonyl (C=O) groups excluding carboxylic acids is 2. The zero-order chi connectivity index (χ0) is 23.3. The van der Waals surface area contributed by atoms with Gasteiger partial charge in [0.1, 0.15) is 12.4 Å². The fourth-order valence-electron chi connectivity index (χ4n) is 2.73. The normalized spacial score (nSPS) is 11.9. The number of hydrogen-bond acceptors (Lipinski definition) is 6. The van der Waals surface area contributed by atoms with Crippen LogP contribution in [0.25, 0.3) is 0 Å².